The first-order valence-corrected chi connectivity index (χ1v) is 8.84. The number of hydrogen-bond acceptors (Lipinski definition) is 4. The lowest BCUT2D eigenvalue weighted by molar-refractivity contribution is -0.120. The summed E-state index contributed by atoms with van der Waals surface area (Å²) in [4.78, 5) is 16.3. The van der Waals surface area contributed by atoms with Crippen molar-refractivity contribution in [2.24, 2.45) is 17.4 Å². The van der Waals surface area contributed by atoms with Crippen LogP contribution in [0.5, 0.6) is 5.75 Å². The van der Waals surface area contributed by atoms with Crippen LogP contribution in [0.3, 0.4) is 0 Å². The van der Waals surface area contributed by atoms with Crippen molar-refractivity contribution < 1.29 is 9.90 Å². The number of phenolic OH excluding ortho intramolecular Hbond substituents is 1. The van der Waals surface area contributed by atoms with Gasteiger partial charge < -0.3 is 16.6 Å². The second kappa shape index (κ2) is 8.08. The standard InChI is InChI=1S/C22H27N3O2/c1-12-9-10-19(26)15(4)20(12)17(21(23)16(5)22(24)27)11-13(2)18-8-6-7-14(3)25-18/h6-11,16,26H,23H2,1-5H3,(H2,24,27)/b13-11+,21-17-. The van der Waals surface area contributed by atoms with E-state index < -0.39 is 11.8 Å². The van der Waals surface area contributed by atoms with E-state index >= 15 is 0 Å². The van der Waals surface area contributed by atoms with E-state index in [1.807, 2.05) is 58.0 Å². The van der Waals surface area contributed by atoms with Crippen LogP contribution in [0.1, 0.15) is 41.9 Å². The van der Waals surface area contributed by atoms with E-state index in [-0.39, 0.29) is 5.75 Å². The number of pyridine rings is 1. The van der Waals surface area contributed by atoms with Gasteiger partial charge in [-0.2, -0.15) is 0 Å². The number of aromatic hydroxyl groups is 1. The van der Waals surface area contributed by atoms with E-state index in [2.05, 4.69) is 4.98 Å². The lowest BCUT2D eigenvalue weighted by atomic mass is 9.89. The van der Waals surface area contributed by atoms with Crippen molar-refractivity contribution in [2.75, 3.05) is 0 Å². The summed E-state index contributed by atoms with van der Waals surface area (Å²) in [6, 6.07) is 9.28. The molecule has 1 heterocycles. The molecule has 0 fully saturated rings. The molecule has 0 aliphatic rings. The number of phenols is 1. The molecule has 1 unspecified atom stereocenters. The van der Waals surface area contributed by atoms with Gasteiger partial charge in [-0.25, -0.2) is 0 Å². The van der Waals surface area contributed by atoms with Gasteiger partial charge in [0.15, 0.2) is 0 Å². The maximum atomic E-state index is 11.7. The molecule has 142 valence electrons. The quantitative estimate of drug-likeness (QED) is 0.704. The molecule has 0 aliphatic heterocycles. The van der Waals surface area contributed by atoms with Crippen LogP contribution in [0, 0.1) is 26.7 Å². The first kappa shape index (κ1) is 20.2. The van der Waals surface area contributed by atoms with Crippen LogP contribution in [0.15, 0.2) is 42.1 Å². The highest BCUT2D eigenvalue weighted by Gasteiger charge is 2.20. The van der Waals surface area contributed by atoms with E-state index in [0.29, 0.717) is 16.8 Å². The van der Waals surface area contributed by atoms with E-state index in [9.17, 15) is 9.90 Å². The van der Waals surface area contributed by atoms with Crippen LogP contribution >= 0.6 is 0 Å². The Morgan fingerprint density at radius 1 is 1.15 bits per heavy atom. The van der Waals surface area contributed by atoms with Crippen LogP contribution in [0.2, 0.25) is 0 Å². The molecule has 1 aromatic carbocycles. The Kier molecular flexibility index (Phi) is 6.05. The van der Waals surface area contributed by atoms with Crippen molar-refractivity contribution in [1.82, 2.24) is 4.98 Å². The molecule has 5 nitrogen and oxygen atoms in total. The molecule has 5 heteroatoms. The van der Waals surface area contributed by atoms with Crippen LogP contribution in [0.25, 0.3) is 11.1 Å². The molecular weight excluding hydrogens is 338 g/mol. The van der Waals surface area contributed by atoms with E-state index in [4.69, 9.17) is 11.5 Å². The smallest absolute Gasteiger partial charge is 0.226 e. The molecule has 1 aromatic heterocycles. The summed E-state index contributed by atoms with van der Waals surface area (Å²) in [6.45, 7) is 9.32. The maximum Gasteiger partial charge on any atom is 0.226 e. The van der Waals surface area contributed by atoms with Gasteiger partial charge >= 0.3 is 0 Å². The van der Waals surface area contributed by atoms with Crippen molar-refractivity contribution in [3.63, 3.8) is 0 Å². The molecule has 1 amide bonds. The third kappa shape index (κ3) is 4.37. The molecule has 0 saturated carbocycles. The molecule has 0 radical (unpaired) electrons. The first-order valence-electron chi connectivity index (χ1n) is 8.84. The number of aryl methyl sites for hydroxylation is 2. The molecule has 0 bridgehead atoms. The second-order valence-corrected chi connectivity index (χ2v) is 6.89. The van der Waals surface area contributed by atoms with Crippen molar-refractivity contribution in [1.29, 1.82) is 0 Å². The Labute approximate surface area is 160 Å². The number of aromatic nitrogens is 1. The minimum Gasteiger partial charge on any atom is -0.508 e. The van der Waals surface area contributed by atoms with Crippen molar-refractivity contribution in [2.45, 2.75) is 34.6 Å². The normalized spacial score (nSPS) is 13.9. The fourth-order valence-corrected chi connectivity index (χ4v) is 2.99. The van der Waals surface area contributed by atoms with Gasteiger partial charge in [0.25, 0.3) is 0 Å². The van der Waals surface area contributed by atoms with Crippen molar-refractivity contribution in [3.05, 3.63) is 70.2 Å². The topological polar surface area (TPSA) is 102 Å². The number of nitrogens with zero attached hydrogens (tertiary/aromatic N) is 1. The largest absolute Gasteiger partial charge is 0.508 e. The molecule has 2 rings (SSSR count). The third-order valence-electron chi connectivity index (χ3n) is 4.77. The minimum atomic E-state index is -0.643. The number of nitrogens with two attached hydrogens (primary N) is 2. The van der Waals surface area contributed by atoms with E-state index in [0.717, 1.165) is 28.1 Å². The molecule has 27 heavy (non-hydrogen) atoms. The highest BCUT2D eigenvalue weighted by atomic mass is 16.3. The molecule has 2 aromatic rings. The number of allylic oxidation sites excluding steroid dienone is 3. The number of carbonyl (C=O) groups is 1. The van der Waals surface area contributed by atoms with Gasteiger partial charge in [-0.1, -0.05) is 12.1 Å². The monoisotopic (exact) mass is 365 g/mol. The lowest BCUT2D eigenvalue weighted by Gasteiger charge is -2.19. The number of rotatable bonds is 5. The summed E-state index contributed by atoms with van der Waals surface area (Å²) in [5.41, 5.74) is 18.0. The molecule has 5 N–H and O–H groups in total. The predicted molar refractivity (Wildman–Crippen MR) is 110 cm³/mol. The van der Waals surface area contributed by atoms with Gasteiger partial charge in [0, 0.05) is 17.0 Å². The Morgan fingerprint density at radius 2 is 1.81 bits per heavy atom. The Hall–Kier alpha value is -3.08. The Bertz CT molecular complexity index is 943. The van der Waals surface area contributed by atoms with Gasteiger partial charge in [-0.3, -0.25) is 9.78 Å². The molecule has 1 atom stereocenters. The summed E-state index contributed by atoms with van der Waals surface area (Å²) in [6.07, 6.45) is 1.91. The number of hydrogen-bond donors (Lipinski definition) is 3. The van der Waals surface area contributed by atoms with E-state index in [1.54, 1.807) is 13.0 Å². The van der Waals surface area contributed by atoms with Gasteiger partial charge in [-0.15, -0.1) is 0 Å². The summed E-state index contributed by atoms with van der Waals surface area (Å²) < 4.78 is 0. The zero-order chi connectivity index (χ0) is 20.3. The third-order valence-corrected chi connectivity index (χ3v) is 4.77. The van der Waals surface area contributed by atoms with Crippen molar-refractivity contribution >= 4 is 17.1 Å². The highest BCUT2D eigenvalue weighted by molar-refractivity contribution is 5.90. The first-order chi connectivity index (χ1) is 12.6. The van der Waals surface area contributed by atoms with Crippen LogP contribution in [-0.2, 0) is 4.79 Å². The zero-order valence-corrected chi connectivity index (χ0v) is 16.5. The van der Waals surface area contributed by atoms with Gasteiger partial charge in [-0.05, 0) is 81.2 Å². The Balaban J connectivity index is 2.77. The minimum absolute atomic E-state index is 0.173. The molecule has 0 aliphatic carbocycles. The van der Waals surface area contributed by atoms with Crippen molar-refractivity contribution in [3.8, 4) is 5.75 Å². The fourth-order valence-electron chi connectivity index (χ4n) is 2.99. The second-order valence-electron chi connectivity index (χ2n) is 6.89. The summed E-state index contributed by atoms with van der Waals surface area (Å²) >= 11 is 0. The number of benzene rings is 1. The number of carbonyl (C=O) groups excluding carboxylic acids is 1. The van der Waals surface area contributed by atoms with Crippen LogP contribution < -0.4 is 11.5 Å². The van der Waals surface area contributed by atoms with E-state index in [1.165, 1.54) is 0 Å². The summed E-state index contributed by atoms with van der Waals surface area (Å²) in [7, 11) is 0. The fraction of sp³-hybridized carbons (Fsp3) is 0.273. The summed E-state index contributed by atoms with van der Waals surface area (Å²) in [5.74, 6) is -0.969. The van der Waals surface area contributed by atoms with Gasteiger partial charge in [0.1, 0.15) is 5.75 Å². The number of amides is 1. The van der Waals surface area contributed by atoms with Gasteiger partial charge in [0.2, 0.25) is 5.91 Å². The highest BCUT2D eigenvalue weighted by Crippen LogP contribution is 2.34. The zero-order valence-electron chi connectivity index (χ0n) is 16.5. The SMILES string of the molecule is C/C(=C\C(=C(\N)C(C)C(N)=O)c1c(C)ccc(O)c1C)c1cccc(C)n1. The lowest BCUT2D eigenvalue weighted by Crippen LogP contribution is -2.26. The molecule has 0 saturated heterocycles. The van der Waals surface area contributed by atoms with Crippen LogP contribution in [0.4, 0.5) is 0 Å². The van der Waals surface area contributed by atoms with Gasteiger partial charge in [0.05, 0.1) is 11.6 Å². The molecular formula is C22H27N3O2. The van der Waals surface area contributed by atoms with Crippen LogP contribution in [-0.4, -0.2) is 16.0 Å². The number of primary amides is 1. The predicted octanol–water partition coefficient (Wildman–Crippen LogP) is 3.61. The average molecular weight is 365 g/mol. The Morgan fingerprint density at radius 3 is 2.41 bits per heavy atom. The molecule has 0 spiro atoms. The maximum absolute atomic E-state index is 11.7. The summed E-state index contributed by atoms with van der Waals surface area (Å²) in [5, 5.41) is 10.2. The average Bonchev–Trinajstić information content (AvgIpc) is 2.62.